The number of benzene rings is 2. The molecule has 0 radical (unpaired) electrons. The van der Waals surface area contributed by atoms with E-state index < -0.39 is 0 Å². The minimum atomic E-state index is 0.269. The first kappa shape index (κ1) is 21.9. The zero-order valence-electron chi connectivity index (χ0n) is 18.9. The molecule has 2 N–H and O–H groups in total. The number of aryl methyl sites for hydroxylation is 1. The van der Waals surface area contributed by atoms with Crippen LogP contribution in [0.4, 0.5) is 0 Å². The highest BCUT2D eigenvalue weighted by Gasteiger charge is 2.19. The number of aliphatic imine (C=N–C) groups is 1. The van der Waals surface area contributed by atoms with Gasteiger partial charge in [0.15, 0.2) is 5.96 Å². The first-order chi connectivity index (χ1) is 15.7. The van der Waals surface area contributed by atoms with Crippen molar-refractivity contribution in [2.24, 2.45) is 4.99 Å². The molecule has 1 aromatic heterocycles. The average Bonchev–Trinajstić information content (AvgIpc) is 3.42. The minimum Gasteiger partial charge on any atom is -0.357 e. The van der Waals surface area contributed by atoms with Crippen LogP contribution in [0.2, 0.25) is 0 Å². The van der Waals surface area contributed by atoms with Gasteiger partial charge in [-0.15, -0.1) is 0 Å². The van der Waals surface area contributed by atoms with Crippen LogP contribution in [0.1, 0.15) is 37.3 Å². The predicted molar refractivity (Wildman–Crippen MR) is 130 cm³/mol. The summed E-state index contributed by atoms with van der Waals surface area (Å²) in [7, 11) is 0. The molecule has 2 heterocycles. The molecule has 1 amide bonds. The van der Waals surface area contributed by atoms with Crippen molar-refractivity contribution in [2.75, 3.05) is 19.6 Å². The molecule has 0 atom stereocenters. The van der Waals surface area contributed by atoms with Gasteiger partial charge in [-0.25, -0.2) is 4.99 Å². The highest BCUT2D eigenvalue weighted by Crippen LogP contribution is 2.16. The van der Waals surface area contributed by atoms with Crippen molar-refractivity contribution in [1.29, 1.82) is 0 Å². The molecule has 1 fully saturated rings. The Balaban J connectivity index is 1.25. The van der Waals surface area contributed by atoms with Gasteiger partial charge in [-0.2, -0.15) is 0 Å². The van der Waals surface area contributed by atoms with E-state index in [0.29, 0.717) is 19.5 Å². The summed E-state index contributed by atoms with van der Waals surface area (Å²) >= 11 is 0. The monoisotopic (exact) mass is 431 g/mol. The summed E-state index contributed by atoms with van der Waals surface area (Å²) in [6, 6.07) is 19.1. The predicted octanol–water partition coefficient (Wildman–Crippen LogP) is 3.91. The van der Waals surface area contributed by atoms with Gasteiger partial charge in [0.2, 0.25) is 5.91 Å². The molecule has 6 nitrogen and oxygen atoms in total. The van der Waals surface area contributed by atoms with Gasteiger partial charge in [-0.3, -0.25) is 4.79 Å². The number of para-hydroxylation sites is 1. The lowest BCUT2D eigenvalue weighted by Crippen LogP contribution is -2.38. The molecule has 1 aliphatic heterocycles. The lowest BCUT2D eigenvalue weighted by atomic mass is 10.1. The SMILES string of the molecule is CCNC(=NCc1ccc(CN2CCCC2=O)cc1)NCCCn1ccc2ccccc21. The Morgan fingerprint density at radius 1 is 1.03 bits per heavy atom. The number of likely N-dealkylation sites (tertiary alicyclic amines) is 1. The second-order valence-corrected chi connectivity index (χ2v) is 8.28. The second-order valence-electron chi connectivity index (χ2n) is 8.28. The van der Waals surface area contributed by atoms with Crippen LogP contribution < -0.4 is 10.6 Å². The fourth-order valence-electron chi connectivity index (χ4n) is 4.15. The number of carbonyl (C=O) groups is 1. The second kappa shape index (κ2) is 10.8. The minimum absolute atomic E-state index is 0.269. The van der Waals surface area contributed by atoms with Crippen molar-refractivity contribution >= 4 is 22.8 Å². The molecule has 0 bridgehead atoms. The fraction of sp³-hybridized carbons (Fsp3) is 0.385. The summed E-state index contributed by atoms with van der Waals surface area (Å²) in [6.45, 7) is 6.96. The van der Waals surface area contributed by atoms with Crippen molar-refractivity contribution in [1.82, 2.24) is 20.1 Å². The number of amides is 1. The van der Waals surface area contributed by atoms with Crippen molar-refractivity contribution < 1.29 is 4.79 Å². The van der Waals surface area contributed by atoms with Crippen LogP contribution in [0.3, 0.4) is 0 Å². The molecule has 3 aromatic rings. The summed E-state index contributed by atoms with van der Waals surface area (Å²) in [5.41, 5.74) is 3.62. The van der Waals surface area contributed by atoms with E-state index in [1.165, 1.54) is 16.5 Å². The lowest BCUT2D eigenvalue weighted by Gasteiger charge is -2.15. The van der Waals surface area contributed by atoms with Crippen molar-refractivity contribution in [3.63, 3.8) is 0 Å². The van der Waals surface area contributed by atoms with Gasteiger partial charge in [0.1, 0.15) is 0 Å². The topological polar surface area (TPSA) is 61.7 Å². The van der Waals surface area contributed by atoms with Crippen molar-refractivity contribution in [3.8, 4) is 0 Å². The summed E-state index contributed by atoms with van der Waals surface area (Å²) in [6.07, 6.45) is 4.85. The number of rotatable bonds is 9. The standard InChI is InChI=1S/C26H33N5O/c1-2-27-26(28-15-6-17-30-18-14-23-7-3-4-8-24(23)30)29-19-21-10-12-22(13-11-21)20-31-16-5-9-25(31)32/h3-4,7-8,10-14,18H,2,5-6,9,15-17,19-20H2,1H3,(H2,27,28,29). The summed E-state index contributed by atoms with van der Waals surface area (Å²) in [5.74, 6) is 1.11. The molecule has 0 saturated carbocycles. The van der Waals surface area contributed by atoms with Gasteiger partial charge in [0.25, 0.3) is 0 Å². The van der Waals surface area contributed by atoms with Crippen molar-refractivity contribution in [2.45, 2.75) is 45.8 Å². The van der Waals surface area contributed by atoms with E-state index in [2.05, 4.69) is 82.9 Å². The summed E-state index contributed by atoms with van der Waals surface area (Å²) < 4.78 is 2.30. The molecule has 0 unspecified atom stereocenters. The van der Waals surface area contributed by atoms with E-state index >= 15 is 0 Å². The van der Waals surface area contributed by atoms with E-state index in [4.69, 9.17) is 4.99 Å². The fourth-order valence-corrected chi connectivity index (χ4v) is 4.15. The van der Waals surface area contributed by atoms with Gasteiger partial charge in [-0.1, -0.05) is 42.5 Å². The van der Waals surface area contributed by atoms with Crippen LogP contribution in [-0.4, -0.2) is 41.0 Å². The third-order valence-corrected chi connectivity index (χ3v) is 5.88. The normalized spacial score (nSPS) is 14.3. The Morgan fingerprint density at radius 2 is 1.84 bits per heavy atom. The quantitative estimate of drug-likeness (QED) is 0.307. The maximum absolute atomic E-state index is 11.8. The van der Waals surface area contributed by atoms with E-state index in [9.17, 15) is 4.79 Å². The number of aromatic nitrogens is 1. The van der Waals surface area contributed by atoms with Gasteiger partial charge < -0.3 is 20.1 Å². The molecular weight excluding hydrogens is 398 g/mol. The van der Waals surface area contributed by atoms with Crippen LogP contribution in [-0.2, 0) is 24.4 Å². The number of nitrogens with one attached hydrogen (secondary N) is 2. The van der Waals surface area contributed by atoms with Gasteiger partial charge in [0.05, 0.1) is 6.54 Å². The first-order valence-electron chi connectivity index (χ1n) is 11.6. The van der Waals surface area contributed by atoms with E-state index in [-0.39, 0.29) is 5.91 Å². The highest BCUT2D eigenvalue weighted by atomic mass is 16.2. The van der Waals surface area contributed by atoms with Crippen LogP contribution in [0.5, 0.6) is 0 Å². The van der Waals surface area contributed by atoms with Crippen molar-refractivity contribution in [3.05, 3.63) is 71.9 Å². The largest absolute Gasteiger partial charge is 0.357 e. The lowest BCUT2D eigenvalue weighted by molar-refractivity contribution is -0.128. The molecular formula is C26H33N5O. The van der Waals surface area contributed by atoms with E-state index in [1.807, 2.05) is 4.90 Å². The summed E-state index contributed by atoms with van der Waals surface area (Å²) in [5, 5.41) is 8.06. The van der Waals surface area contributed by atoms with Gasteiger partial charge in [0, 0.05) is 50.9 Å². The number of hydrogen-bond donors (Lipinski definition) is 2. The average molecular weight is 432 g/mol. The number of carbonyl (C=O) groups excluding carboxylic acids is 1. The third-order valence-electron chi connectivity index (χ3n) is 5.88. The highest BCUT2D eigenvalue weighted by molar-refractivity contribution is 5.80. The maximum Gasteiger partial charge on any atom is 0.222 e. The molecule has 0 aliphatic carbocycles. The smallest absolute Gasteiger partial charge is 0.222 e. The maximum atomic E-state index is 11.8. The Morgan fingerprint density at radius 3 is 2.62 bits per heavy atom. The zero-order chi connectivity index (χ0) is 22.2. The number of guanidine groups is 1. The van der Waals surface area contributed by atoms with Gasteiger partial charge >= 0.3 is 0 Å². The van der Waals surface area contributed by atoms with Crippen LogP contribution in [0.25, 0.3) is 10.9 Å². The zero-order valence-corrected chi connectivity index (χ0v) is 18.9. The molecule has 168 valence electrons. The Labute approximate surface area is 190 Å². The molecule has 4 rings (SSSR count). The van der Waals surface area contributed by atoms with Crippen LogP contribution in [0.15, 0.2) is 65.8 Å². The number of nitrogens with zero attached hydrogens (tertiary/aromatic N) is 3. The Bertz CT molecular complexity index is 1050. The summed E-state index contributed by atoms with van der Waals surface area (Å²) in [4.78, 5) is 18.5. The van der Waals surface area contributed by atoms with E-state index in [1.54, 1.807) is 0 Å². The molecule has 2 aromatic carbocycles. The molecule has 1 saturated heterocycles. The first-order valence-corrected chi connectivity index (χ1v) is 11.6. The molecule has 0 spiro atoms. The molecule has 32 heavy (non-hydrogen) atoms. The molecule has 1 aliphatic rings. The van der Waals surface area contributed by atoms with Crippen LogP contribution >= 0.6 is 0 Å². The Kier molecular flexibility index (Phi) is 7.43. The van der Waals surface area contributed by atoms with E-state index in [0.717, 1.165) is 50.5 Å². The number of hydrogen-bond acceptors (Lipinski definition) is 2. The van der Waals surface area contributed by atoms with Gasteiger partial charge in [-0.05, 0) is 48.4 Å². The van der Waals surface area contributed by atoms with Crippen LogP contribution in [0, 0.1) is 0 Å². The molecule has 6 heteroatoms. The third kappa shape index (κ3) is 5.69. The Hall–Kier alpha value is -3.28. The number of fused-ring (bicyclic) bond motifs is 1.